The molecule has 0 N–H and O–H groups in total. The Morgan fingerprint density at radius 2 is 2.06 bits per heavy atom. The van der Waals surface area contributed by atoms with Gasteiger partial charge in [-0.05, 0) is 30.0 Å². The van der Waals surface area contributed by atoms with E-state index in [-0.39, 0.29) is 5.92 Å². The fourth-order valence-corrected chi connectivity index (χ4v) is 1.98. The van der Waals surface area contributed by atoms with Crippen LogP contribution >= 0.6 is 0 Å². The van der Waals surface area contributed by atoms with Crippen LogP contribution in [0.15, 0.2) is 43.0 Å². The van der Waals surface area contributed by atoms with Gasteiger partial charge in [0.05, 0.1) is 6.07 Å². The molecule has 0 fully saturated rings. The van der Waals surface area contributed by atoms with Gasteiger partial charge in [-0.25, -0.2) is 0 Å². The van der Waals surface area contributed by atoms with Crippen LogP contribution in [0.25, 0.3) is 11.1 Å². The first kappa shape index (κ1) is 12.3. The van der Waals surface area contributed by atoms with Gasteiger partial charge in [-0.15, -0.1) is 0 Å². The van der Waals surface area contributed by atoms with E-state index >= 15 is 0 Å². The van der Waals surface area contributed by atoms with Crippen molar-refractivity contribution >= 4 is 0 Å². The molecular weight excluding hydrogens is 222 g/mol. The number of pyridine rings is 2. The Bertz CT molecular complexity index is 543. The lowest BCUT2D eigenvalue weighted by atomic mass is 9.93. The molecule has 0 aliphatic carbocycles. The maximum absolute atomic E-state index is 8.84. The van der Waals surface area contributed by atoms with Gasteiger partial charge in [0.2, 0.25) is 0 Å². The molecular formula is C15H15N3. The van der Waals surface area contributed by atoms with E-state index < -0.39 is 0 Å². The number of aromatic nitrogens is 2. The molecule has 0 aliphatic heterocycles. The summed E-state index contributed by atoms with van der Waals surface area (Å²) in [6, 6.07) is 8.27. The lowest BCUT2D eigenvalue weighted by Crippen LogP contribution is -1.97. The molecule has 0 spiro atoms. The zero-order chi connectivity index (χ0) is 12.8. The van der Waals surface area contributed by atoms with Crippen LogP contribution in [0, 0.1) is 11.3 Å². The van der Waals surface area contributed by atoms with Crippen LogP contribution < -0.4 is 0 Å². The average Bonchev–Trinajstić information content (AvgIpc) is 2.46. The van der Waals surface area contributed by atoms with Gasteiger partial charge in [0.15, 0.2) is 0 Å². The van der Waals surface area contributed by atoms with E-state index in [0.717, 1.165) is 23.1 Å². The average molecular weight is 237 g/mol. The lowest BCUT2D eigenvalue weighted by molar-refractivity contribution is 0.678. The zero-order valence-corrected chi connectivity index (χ0v) is 10.4. The summed E-state index contributed by atoms with van der Waals surface area (Å²) in [6.45, 7) is 2.10. The van der Waals surface area contributed by atoms with Crippen molar-refractivity contribution in [3.8, 4) is 17.2 Å². The van der Waals surface area contributed by atoms with E-state index in [1.807, 2.05) is 30.7 Å². The van der Waals surface area contributed by atoms with Crippen molar-refractivity contribution < 1.29 is 0 Å². The molecule has 90 valence electrons. The number of hydrogen-bond donors (Lipinski definition) is 0. The second-order valence-electron chi connectivity index (χ2n) is 4.22. The van der Waals surface area contributed by atoms with Gasteiger partial charge in [-0.2, -0.15) is 5.26 Å². The molecule has 3 heteroatoms. The van der Waals surface area contributed by atoms with Crippen molar-refractivity contribution in [1.82, 2.24) is 9.97 Å². The predicted molar refractivity (Wildman–Crippen MR) is 70.7 cm³/mol. The number of nitrogens with zero attached hydrogens (tertiary/aromatic N) is 3. The molecule has 0 aliphatic rings. The molecule has 2 rings (SSSR count). The summed E-state index contributed by atoms with van der Waals surface area (Å²) in [5, 5.41) is 8.84. The maximum Gasteiger partial charge on any atom is 0.0628 e. The highest BCUT2D eigenvalue weighted by Gasteiger charge is 2.10. The Hall–Kier alpha value is -2.21. The molecule has 0 aromatic carbocycles. The molecule has 1 atom stereocenters. The van der Waals surface area contributed by atoms with Gasteiger partial charge in [-0.3, -0.25) is 9.97 Å². The van der Waals surface area contributed by atoms with Crippen molar-refractivity contribution in [2.24, 2.45) is 0 Å². The van der Waals surface area contributed by atoms with E-state index in [2.05, 4.69) is 29.0 Å². The van der Waals surface area contributed by atoms with Gasteiger partial charge < -0.3 is 0 Å². The summed E-state index contributed by atoms with van der Waals surface area (Å²) >= 11 is 0. The summed E-state index contributed by atoms with van der Waals surface area (Å²) in [5.41, 5.74) is 3.23. The number of nitriles is 1. The van der Waals surface area contributed by atoms with Crippen molar-refractivity contribution in [2.45, 2.75) is 25.7 Å². The minimum Gasteiger partial charge on any atom is -0.264 e. The van der Waals surface area contributed by atoms with Gasteiger partial charge >= 0.3 is 0 Å². The molecule has 2 aromatic rings. The van der Waals surface area contributed by atoms with Gasteiger partial charge in [-0.1, -0.05) is 13.0 Å². The number of rotatable bonds is 4. The van der Waals surface area contributed by atoms with Crippen LogP contribution in [0.3, 0.4) is 0 Å². The third-order valence-corrected chi connectivity index (χ3v) is 3.06. The molecule has 3 nitrogen and oxygen atoms in total. The summed E-state index contributed by atoms with van der Waals surface area (Å²) in [4.78, 5) is 8.39. The van der Waals surface area contributed by atoms with Crippen molar-refractivity contribution in [3.63, 3.8) is 0 Å². The Morgan fingerprint density at radius 3 is 2.72 bits per heavy atom. The first-order valence-corrected chi connectivity index (χ1v) is 6.07. The zero-order valence-electron chi connectivity index (χ0n) is 10.4. The molecule has 0 saturated heterocycles. The Balaban J connectivity index is 2.33. The maximum atomic E-state index is 8.84. The van der Waals surface area contributed by atoms with Gasteiger partial charge in [0.1, 0.15) is 0 Å². The first-order chi connectivity index (χ1) is 8.85. The summed E-state index contributed by atoms with van der Waals surface area (Å²) in [6.07, 6.45) is 8.75. The smallest absolute Gasteiger partial charge is 0.0628 e. The van der Waals surface area contributed by atoms with E-state index in [1.165, 1.54) is 0 Å². The quantitative estimate of drug-likeness (QED) is 0.817. The summed E-state index contributed by atoms with van der Waals surface area (Å²) in [7, 11) is 0. The van der Waals surface area contributed by atoms with Gasteiger partial charge in [0.25, 0.3) is 0 Å². The van der Waals surface area contributed by atoms with E-state index in [9.17, 15) is 0 Å². The Labute approximate surface area is 107 Å². The topological polar surface area (TPSA) is 49.6 Å². The third-order valence-electron chi connectivity index (χ3n) is 3.06. The molecule has 18 heavy (non-hydrogen) atoms. The Kier molecular flexibility index (Phi) is 4.03. The standard InChI is InChI=1S/C15H15N3/c1-2-12(5-6-16)14-8-15(11-18-10-14)13-4-3-7-17-9-13/h3-4,7-12H,2,5H2,1H3/t12-/m0/s1. The molecule has 0 radical (unpaired) electrons. The predicted octanol–water partition coefficient (Wildman–Crippen LogP) is 3.55. The normalized spacial score (nSPS) is 11.8. The molecule has 0 amide bonds. The van der Waals surface area contributed by atoms with Crippen LogP contribution in [0.2, 0.25) is 0 Å². The summed E-state index contributed by atoms with van der Waals surface area (Å²) < 4.78 is 0. The first-order valence-electron chi connectivity index (χ1n) is 6.07. The minimum absolute atomic E-state index is 0.263. The molecule has 2 heterocycles. The molecule has 0 saturated carbocycles. The van der Waals surface area contributed by atoms with E-state index in [1.54, 1.807) is 6.20 Å². The highest BCUT2D eigenvalue weighted by Crippen LogP contribution is 2.26. The summed E-state index contributed by atoms with van der Waals surface area (Å²) in [5.74, 6) is 0.263. The number of hydrogen-bond acceptors (Lipinski definition) is 3. The van der Waals surface area contributed by atoms with Crippen LogP contribution in [0.1, 0.15) is 31.2 Å². The second-order valence-corrected chi connectivity index (χ2v) is 4.22. The van der Waals surface area contributed by atoms with Crippen LogP contribution in [-0.2, 0) is 0 Å². The monoisotopic (exact) mass is 237 g/mol. The fraction of sp³-hybridized carbons (Fsp3) is 0.267. The van der Waals surface area contributed by atoms with Crippen LogP contribution in [0.5, 0.6) is 0 Å². The highest BCUT2D eigenvalue weighted by molar-refractivity contribution is 5.61. The second kappa shape index (κ2) is 5.92. The van der Waals surface area contributed by atoms with Crippen LogP contribution in [-0.4, -0.2) is 9.97 Å². The van der Waals surface area contributed by atoms with E-state index in [4.69, 9.17) is 5.26 Å². The molecule has 0 bridgehead atoms. The Morgan fingerprint density at radius 1 is 1.22 bits per heavy atom. The van der Waals surface area contributed by atoms with Crippen molar-refractivity contribution in [2.75, 3.05) is 0 Å². The SMILES string of the molecule is CC[C@@H](CC#N)c1cncc(-c2cccnc2)c1. The third kappa shape index (κ3) is 2.72. The van der Waals surface area contributed by atoms with E-state index in [0.29, 0.717) is 6.42 Å². The largest absolute Gasteiger partial charge is 0.264 e. The molecule has 2 aromatic heterocycles. The lowest BCUT2D eigenvalue weighted by Gasteiger charge is -2.12. The molecule has 0 unspecified atom stereocenters. The fourth-order valence-electron chi connectivity index (χ4n) is 1.98. The van der Waals surface area contributed by atoms with Crippen molar-refractivity contribution in [3.05, 3.63) is 48.5 Å². The minimum atomic E-state index is 0.263. The van der Waals surface area contributed by atoms with Crippen LogP contribution in [0.4, 0.5) is 0 Å². The highest BCUT2D eigenvalue weighted by atomic mass is 14.6. The van der Waals surface area contributed by atoms with Crippen molar-refractivity contribution in [1.29, 1.82) is 5.26 Å². The van der Waals surface area contributed by atoms with Gasteiger partial charge in [0, 0.05) is 42.3 Å².